The second-order valence-electron chi connectivity index (χ2n) is 4.88. The summed E-state index contributed by atoms with van der Waals surface area (Å²) in [6.45, 7) is 10.7. The summed E-state index contributed by atoms with van der Waals surface area (Å²) in [4.78, 5) is -0.0434. The molecule has 88 valence electrons. The van der Waals surface area contributed by atoms with Gasteiger partial charge in [0.1, 0.15) is 0 Å². The Bertz CT molecular complexity index is 133. The van der Waals surface area contributed by atoms with Crippen LogP contribution in [0.5, 0.6) is 0 Å². The van der Waals surface area contributed by atoms with E-state index in [1.54, 1.807) is 0 Å². The van der Waals surface area contributed by atoms with Crippen LogP contribution in [0.1, 0.15) is 41.0 Å². The van der Waals surface area contributed by atoms with Gasteiger partial charge in [0.25, 0.3) is 0 Å². The molecule has 14 heavy (non-hydrogen) atoms. The van der Waals surface area contributed by atoms with Gasteiger partial charge in [-0.3, -0.25) is 0 Å². The molecule has 0 aliphatic rings. The van der Waals surface area contributed by atoms with Crippen LogP contribution in [0.3, 0.4) is 0 Å². The summed E-state index contributed by atoms with van der Waals surface area (Å²) >= 11 is 2.91. The van der Waals surface area contributed by atoms with E-state index in [1.165, 1.54) is 0 Å². The molecule has 0 aromatic rings. The SMILES string of the molecule is CC(C)(C)CC(C)(C)Cl.[Cl][Ti]([Cl])([Cl])[Cl]. The molecule has 0 radical (unpaired) electrons. The number of hydrogen-bond acceptors (Lipinski definition) is 0. The van der Waals surface area contributed by atoms with Crippen molar-refractivity contribution in [2.75, 3.05) is 0 Å². The number of alkyl halides is 1. The fraction of sp³-hybridized carbons (Fsp3) is 1.00. The van der Waals surface area contributed by atoms with Crippen molar-refractivity contribution < 1.29 is 12.3 Å². The van der Waals surface area contributed by atoms with Crippen molar-refractivity contribution in [3.05, 3.63) is 0 Å². The second kappa shape index (κ2) is 6.79. The molecule has 0 aromatic carbocycles. The predicted octanol–water partition coefficient (Wildman–Crippen LogP) is 6.20. The number of hydrogen-bond donors (Lipinski definition) is 0. The summed E-state index contributed by atoms with van der Waals surface area (Å²) in [7, 11) is 20.1. The monoisotopic (exact) mass is 336 g/mol. The van der Waals surface area contributed by atoms with Crippen LogP contribution in [0.15, 0.2) is 0 Å². The van der Waals surface area contributed by atoms with Gasteiger partial charge in [0.05, 0.1) is 0 Å². The Balaban J connectivity index is 0. The van der Waals surface area contributed by atoms with Crippen molar-refractivity contribution in [3.8, 4) is 0 Å². The zero-order valence-corrected chi connectivity index (χ0v) is 14.4. The molecule has 0 aliphatic carbocycles. The van der Waals surface area contributed by atoms with Crippen LogP contribution in [-0.2, 0) is 12.3 Å². The summed E-state index contributed by atoms with van der Waals surface area (Å²) in [5.41, 5.74) is 0.352. The van der Waals surface area contributed by atoms with Gasteiger partial charge in [0.2, 0.25) is 0 Å². The van der Waals surface area contributed by atoms with E-state index in [9.17, 15) is 0 Å². The van der Waals surface area contributed by atoms with Crippen LogP contribution < -0.4 is 0 Å². The van der Waals surface area contributed by atoms with Crippen LogP contribution in [0, 0.1) is 5.41 Å². The third-order valence-corrected chi connectivity index (χ3v) is 1.08. The second-order valence-corrected chi connectivity index (χ2v) is 21.4. The van der Waals surface area contributed by atoms with E-state index in [4.69, 9.17) is 48.8 Å². The molecule has 0 N–H and O–H groups in total. The molecule has 0 heterocycles. The van der Waals surface area contributed by atoms with Crippen LogP contribution >= 0.6 is 48.8 Å². The molecule has 0 rings (SSSR count). The van der Waals surface area contributed by atoms with E-state index < -0.39 is 12.3 Å². The van der Waals surface area contributed by atoms with Gasteiger partial charge in [-0.1, -0.05) is 20.8 Å². The minimum atomic E-state index is -3.11. The number of rotatable bonds is 1. The van der Waals surface area contributed by atoms with Gasteiger partial charge < -0.3 is 0 Å². The van der Waals surface area contributed by atoms with Gasteiger partial charge in [-0.25, -0.2) is 0 Å². The van der Waals surface area contributed by atoms with Crippen molar-refractivity contribution in [1.82, 2.24) is 0 Å². The van der Waals surface area contributed by atoms with Crippen molar-refractivity contribution in [2.45, 2.75) is 45.9 Å². The first-order valence-electron chi connectivity index (χ1n) is 4.15. The maximum atomic E-state index is 6.02. The Hall–Kier alpha value is 2.16. The maximum absolute atomic E-state index is 6.02. The normalized spacial score (nSPS) is 13.3. The Labute approximate surface area is 111 Å². The van der Waals surface area contributed by atoms with Crippen molar-refractivity contribution in [1.29, 1.82) is 0 Å². The number of halogens is 5. The van der Waals surface area contributed by atoms with E-state index in [0.29, 0.717) is 5.41 Å². The summed E-state index contributed by atoms with van der Waals surface area (Å²) in [6.07, 6.45) is 1.06. The van der Waals surface area contributed by atoms with Crippen molar-refractivity contribution in [2.24, 2.45) is 5.41 Å². The molecular formula is C8H17Cl5Ti. The van der Waals surface area contributed by atoms with E-state index in [-0.39, 0.29) is 4.87 Å². The average Bonchev–Trinajstić information content (AvgIpc) is 1.42. The molecule has 0 spiro atoms. The molecule has 0 amide bonds. The summed E-state index contributed by atoms with van der Waals surface area (Å²) in [5, 5.41) is 0. The standard InChI is InChI=1S/C8H17Cl.4ClH.Ti/c1-7(2,3)6-8(4,5)9;;;;;/h6H2,1-5H3;4*1H;/q;;;;;+4/p-4. The molecule has 0 fully saturated rings. The molecule has 0 unspecified atom stereocenters. The average molecular weight is 338 g/mol. The first kappa shape index (κ1) is 18.5. The Kier molecular flexibility index (Phi) is 8.99. The molecule has 0 saturated heterocycles. The molecule has 6 heteroatoms. The van der Waals surface area contributed by atoms with Crippen LogP contribution in [-0.4, -0.2) is 4.87 Å². The zero-order chi connectivity index (χ0) is 12.2. The van der Waals surface area contributed by atoms with Gasteiger partial charge in [-0.05, 0) is 25.7 Å². The fourth-order valence-corrected chi connectivity index (χ4v) is 1.66. The summed E-state index contributed by atoms with van der Waals surface area (Å²) in [5.74, 6) is 0. The van der Waals surface area contributed by atoms with Gasteiger partial charge in [-0.15, -0.1) is 11.6 Å². The van der Waals surface area contributed by atoms with Gasteiger partial charge >= 0.3 is 49.6 Å². The Morgan fingerprint density at radius 1 is 0.857 bits per heavy atom. The van der Waals surface area contributed by atoms with Crippen LogP contribution in [0.4, 0.5) is 0 Å². The van der Waals surface area contributed by atoms with Crippen LogP contribution in [0.25, 0.3) is 0 Å². The summed E-state index contributed by atoms with van der Waals surface area (Å²) in [6, 6.07) is 0. The summed E-state index contributed by atoms with van der Waals surface area (Å²) < 4.78 is 0. The van der Waals surface area contributed by atoms with Gasteiger partial charge in [-0.2, -0.15) is 0 Å². The minimum absolute atomic E-state index is 0.0434. The van der Waals surface area contributed by atoms with Crippen molar-refractivity contribution >= 4 is 48.8 Å². The van der Waals surface area contributed by atoms with E-state index >= 15 is 0 Å². The molecule has 0 saturated carbocycles. The van der Waals surface area contributed by atoms with Gasteiger partial charge in [0.15, 0.2) is 0 Å². The third-order valence-electron chi connectivity index (χ3n) is 0.951. The van der Waals surface area contributed by atoms with Crippen molar-refractivity contribution in [3.63, 3.8) is 0 Å². The van der Waals surface area contributed by atoms with E-state index in [0.717, 1.165) is 6.42 Å². The molecular weight excluding hydrogens is 321 g/mol. The van der Waals surface area contributed by atoms with E-state index in [1.807, 2.05) is 0 Å². The third kappa shape index (κ3) is 36.8. The molecule has 0 nitrogen and oxygen atoms in total. The fourth-order valence-electron chi connectivity index (χ4n) is 1.26. The molecule has 0 bridgehead atoms. The quantitative estimate of drug-likeness (QED) is 0.395. The van der Waals surface area contributed by atoms with Crippen LogP contribution in [0.2, 0.25) is 0 Å². The molecule has 0 aliphatic heterocycles. The Morgan fingerprint density at radius 2 is 1.07 bits per heavy atom. The first-order valence-corrected chi connectivity index (χ1v) is 13.1. The first-order chi connectivity index (χ1) is 5.71. The predicted molar refractivity (Wildman–Crippen MR) is 67.4 cm³/mol. The van der Waals surface area contributed by atoms with Gasteiger partial charge in [0, 0.05) is 4.87 Å². The zero-order valence-electron chi connectivity index (χ0n) is 9.10. The van der Waals surface area contributed by atoms with E-state index in [2.05, 4.69) is 34.6 Å². The molecule has 0 aromatic heterocycles. The Morgan fingerprint density at radius 3 is 1.07 bits per heavy atom. The molecule has 0 atom stereocenters. The topological polar surface area (TPSA) is 0 Å².